The molecule has 0 bridgehead atoms. The number of hydrogen-bond acceptors (Lipinski definition) is 3. The van der Waals surface area contributed by atoms with Crippen molar-refractivity contribution in [2.75, 3.05) is 33.3 Å². The second-order valence-corrected chi connectivity index (χ2v) is 4.85. The third kappa shape index (κ3) is 3.12. The molecule has 2 rings (SSSR count). The molecule has 1 aromatic rings. The lowest BCUT2D eigenvalue weighted by Crippen LogP contribution is -2.42. The van der Waals surface area contributed by atoms with Crippen molar-refractivity contribution >= 4 is 11.6 Å². The number of rotatable bonds is 3. The monoisotopic (exact) mass is 254 g/mol. The van der Waals surface area contributed by atoms with Crippen LogP contribution in [0.2, 0.25) is 5.02 Å². The average molecular weight is 255 g/mol. The zero-order chi connectivity index (χ0) is 12.3. The van der Waals surface area contributed by atoms with E-state index in [2.05, 4.69) is 16.3 Å². The fourth-order valence-corrected chi connectivity index (χ4v) is 2.42. The van der Waals surface area contributed by atoms with Crippen molar-refractivity contribution in [3.05, 3.63) is 28.3 Å². The molecular formula is C13H19ClN2O. The van der Waals surface area contributed by atoms with E-state index in [0.717, 1.165) is 54.6 Å². The van der Waals surface area contributed by atoms with E-state index >= 15 is 0 Å². The number of hydrogen-bond donors (Lipinski definition) is 1. The van der Waals surface area contributed by atoms with E-state index in [0.29, 0.717) is 0 Å². The highest BCUT2D eigenvalue weighted by molar-refractivity contribution is 6.31. The largest absolute Gasteiger partial charge is 0.496 e. The van der Waals surface area contributed by atoms with Crippen LogP contribution in [-0.4, -0.2) is 38.2 Å². The fourth-order valence-electron chi connectivity index (χ4n) is 2.15. The van der Waals surface area contributed by atoms with Crippen molar-refractivity contribution in [3.63, 3.8) is 0 Å². The maximum atomic E-state index is 6.28. The Kier molecular flexibility index (Phi) is 4.26. The van der Waals surface area contributed by atoms with Gasteiger partial charge in [-0.1, -0.05) is 11.6 Å². The molecule has 0 amide bonds. The van der Waals surface area contributed by atoms with Gasteiger partial charge in [0.1, 0.15) is 5.75 Å². The van der Waals surface area contributed by atoms with Crippen molar-refractivity contribution in [1.82, 2.24) is 10.2 Å². The predicted molar refractivity (Wildman–Crippen MR) is 70.9 cm³/mol. The maximum absolute atomic E-state index is 6.28. The van der Waals surface area contributed by atoms with Crippen LogP contribution in [0.3, 0.4) is 0 Å². The molecule has 1 N–H and O–H groups in total. The summed E-state index contributed by atoms with van der Waals surface area (Å²) in [5.41, 5.74) is 2.23. The van der Waals surface area contributed by atoms with Gasteiger partial charge in [-0.2, -0.15) is 0 Å². The smallest absolute Gasteiger partial charge is 0.122 e. The SMILES string of the molecule is COc1cc(CN2CCNCC2)c(Cl)cc1C. The summed E-state index contributed by atoms with van der Waals surface area (Å²) in [6.07, 6.45) is 0. The Balaban J connectivity index is 2.13. The Labute approximate surface area is 108 Å². The third-order valence-electron chi connectivity index (χ3n) is 3.17. The van der Waals surface area contributed by atoms with Crippen LogP contribution >= 0.6 is 11.6 Å². The zero-order valence-electron chi connectivity index (χ0n) is 10.4. The van der Waals surface area contributed by atoms with Gasteiger partial charge < -0.3 is 10.1 Å². The highest BCUT2D eigenvalue weighted by Gasteiger charge is 2.13. The molecule has 1 saturated heterocycles. The summed E-state index contributed by atoms with van der Waals surface area (Å²) < 4.78 is 5.34. The molecule has 1 heterocycles. The van der Waals surface area contributed by atoms with Gasteiger partial charge >= 0.3 is 0 Å². The second-order valence-electron chi connectivity index (χ2n) is 4.44. The van der Waals surface area contributed by atoms with Crippen LogP contribution in [0, 0.1) is 6.92 Å². The molecule has 0 atom stereocenters. The Bertz CT molecular complexity index is 389. The molecule has 4 heteroatoms. The molecule has 17 heavy (non-hydrogen) atoms. The minimum absolute atomic E-state index is 0.835. The molecule has 0 saturated carbocycles. The van der Waals surface area contributed by atoms with Crippen molar-refractivity contribution in [1.29, 1.82) is 0 Å². The van der Waals surface area contributed by atoms with Crippen LogP contribution in [0.4, 0.5) is 0 Å². The normalized spacial score (nSPS) is 17.1. The van der Waals surface area contributed by atoms with Crippen molar-refractivity contribution in [2.24, 2.45) is 0 Å². The molecule has 0 unspecified atom stereocenters. The van der Waals surface area contributed by atoms with Gasteiger partial charge in [-0.25, -0.2) is 0 Å². The number of nitrogens with one attached hydrogen (secondary N) is 1. The predicted octanol–water partition coefficient (Wildman–Crippen LogP) is 2.06. The average Bonchev–Trinajstić information content (AvgIpc) is 2.34. The molecule has 1 aromatic carbocycles. The Morgan fingerprint density at radius 3 is 2.71 bits per heavy atom. The third-order valence-corrected chi connectivity index (χ3v) is 3.52. The van der Waals surface area contributed by atoms with E-state index in [-0.39, 0.29) is 0 Å². The maximum Gasteiger partial charge on any atom is 0.122 e. The molecule has 94 valence electrons. The zero-order valence-corrected chi connectivity index (χ0v) is 11.2. The van der Waals surface area contributed by atoms with E-state index in [1.54, 1.807) is 7.11 Å². The van der Waals surface area contributed by atoms with Gasteiger partial charge in [0, 0.05) is 37.7 Å². The lowest BCUT2D eigenvalue weighted by atomic mass is 10.1. The molecule has 3 nitrogen and oxygen atoms in total. The Morgan fingerprint density at radius 2 is 2.06 bits per heavy atom. The molecule has 0 radical (unpaired) electrons. The summed E-state index contributed by atoms with van der Waals surface area (Å²) in [5.74, 6) is 0.916. The van der Waals surface area contributed by atoms with Crippen molar-refractivity contribution < 1.29 is 4.74 Å². The molecule has 0 aromatic heterocycles. The molecular weight excluding hydrogens is 236 g/mol. The highest BCUT2D eigenvalue weighted by Crippen LogP contribution is 2.27. The van der Waals surface area contributed by atoms with Gasteiger partial charge in [0.25, 0.3) is 0 Å². The first-order valence-electron chi connectivity index (χ1n) is 5.97. The van der Waals surface area contributed by atoms with E-state index in [4.69, 9.17) is 16.3 Å². The summed E-state index contributed by atoms with van der Waals surface area (Å²) in [6.45, 7) is 7.18. The minimum Gasteiger partial charge on any atom is -0.496 e. The first-order valence-corrected chi connectivity index (χ1v) is 6.34. The summed E-state index contributed by atoms with van der Waals surface area (Å²) in [7, 11) is 1.70. The first kappa shape index (κ1) is 12.7. The summed E-state index contributed by atoms with van der Waals surface area (Å²) in [5, 5.41) is 4.18. The first-order chi connectivity index (χ1) is 8.20. The lowest BCUT2D eigenvalue weighted by molar-refractivity contribution is 0.233. The second kappa shape index (κ2) is 5.71. The van der Waals surface area contributed by atoms with Gasteiger partial charge in [0.05, 0.1) is 7.11 Å². The van der Waals surface area contributed by atoms with Crippen LogP contribution in [0.5, 0.6) is 5.75 Å². The topological polar surface area (TPSA) is 24.5 Å². The number of piperazine rings is 1. The molecule has 1 aliphatic rings. The van der Waals surface area contributed by atoms with Crippen molar-refractivity contribution in [2.45, 2.75) is 13.5 Å². The van der Waals surface area contributed by atoms with Crippen LogP contribution in [0.25, 0.3) is 0 Å². The number of aryl methyl sites for hydroxylation is 1. The Morgan fingerprint density at radius 1 is 1.35 bits per heavy atom. The van der Waals surface area contributed by atoms with E-state index < -0.39 is 0 Å². The highest BCUT2D eigenvalue weighted by atomic mass is 35.5. The molecule has 1 aliphatic heterocycles. The van der Waals surface area contributed by atoms with Crippen LogP contribution in [0.1, 0.15) is 11.1 Å². The lowest BCUT2D eigenvalue weighted by Gasteiger charge is -2.27. The van der Waals surface area contributed by atoms with Gasteiger partial charge in [-0.3, -0.25) is 4.90 Å². The number of ether oxygens (including phenoxy) is 1. The van der Waals surface area contributed by atoms with Crippen LogP contribution in [0.15, 0.2) is 12.1 Å². The van der Waals surface area contributed by atoms with E-state index in [1.807, 2.05) is 13.0 Å². The minimum atomic E-state index is 0.835. The van der Waals surface area contributed by atoms with Crippen LogP contribution in [-0.2, 0) is 6.54 Å². The molecule has 0 spiro atoms. The fraction of sp³-hybridized carbons (Fsp3) is 0.538. The van der Waals surface area contributed by atoms with Gasteiger partial charge in [-0.15, -0.1) is 0 Å². The summed E-state index contributed by atoms with van der Waals surface area (Å²) in [4.78, 5) is 2.41. The molecule has 1 fully saturated rings. The van der Waals surface area contributed by atoms with Crippen molar-refractivity contribution in [3.8, 4) is 5.75 Å². The number of halogens is 1. The van der Waals surface area contributed by atoms with Gasteiger partial charge in [0.2, 0.25) is 0 Å². The summed E-state index contributed by atoms with van der Waals surface area (Å²) in [6, 6.07) is 4.04. The standard InChI is InChI=1S/C13H19ClN2O/c1-10-7-12(14)11(8-13(10)17-2)9-16-5-3-15-4-6-16/h7-8,15H,3-6,9H2,1-2H3. The number of benzene rings is 1. The summed E-state index contributed by atoms with van der Waals surface area (Å²) >= 11 is 6.28. The molecule has 0 aliphatic carbocycles. The van der Waals surface area contributed by atoms with Crippen LogP contribution < -0.4 is 10.1 Å². The van der Waals surface area contributed by atoms with Gasteiger partial charge in [0.15, 0.2) is 0 Å². The quantitative estimate of drug-likeness (QED) is 0.894. The Hall–Kier alpha value is -0.770. The van der Waals surface area contributed by atoms with E-state index in [1.165, 1.54) is 0 Å². The van der Waals surface area contributed by atoms with E-state index in [9.17, 15) is 0 Å². The number of methoxy groups -OCH3 is 1. The number of nitrogens with zero attached hydrogens (tertiary/aromatic N) is 1. The van der Waals surface area contributed by atoms with Gasteiger partial charge in [-0.05, 0) is 30.2 Å².